The van der Waals surface area contributed by atoms with Crippen LogP contribution in [0.15, 0.2) is 54.7 Å². The first-order valence-electron chi connectivity index (χ1n) is 7.60. The first-order valence-corrected chi connectivity index (χ1v) is 7.60. The Kier molecular flexibility index (Phi) is 5.03. The van der Waals surface area contributed by atoms with Gasteiger partial charge >= 0.3 is 6.03 Å². The van der Waals surface area contributed by atoms with Gasteiger partial charge in [0.1, 0.15) is 29.5 Å². The van der Waals surface area contributed by atoms with Crippen LogP contribution in [0.1, 0.15) is 0 Å². The van der Waals surface area contributed by atoms with E-state index in [0.29, 0.717) is 11.8 Å². The molecular formula is C18H15F2N3O2. The quantitative estimate of drug-likeness (QED) is 0.694. The number of nitrogens with zero attached hydrogens (tertiary/aromatic N) is 1. The van der Waals surface area contributed by atoms with Crippen LogP contribution < -0.4 is 15.4 Å². The second-order valence-electron chi connectivity index (χ2n) is 5.18. The summed E-state index contributed by atoms with van der Waals surface area (Å²) in [6.45, 7) is 0.423. The number of urea groups is 1. The first kappa shape index (κ1) is 16.6. The van der Waals surface area contributed by atoms with Crippen LogP contribution in [0.4, 0.5) is 19.3 Å². The Morgan fingerprint density at radius 3 is 2.80 bits per heavy atom. The lowest BCUT2D eigenvalue weighted by molar-refractivity contribution is 0.247. The minimum Gasteiger partial charge on any atom is -0.489 e. The van der Waals surface area contributed by atoms with E-state index in [2.05, 4.69) is 15.6 Å². The highest BCUT2D eigenvalue weighted by molar-refractivity contribution is 5.89. The molecule has 3 aromatic rings. The SMILES string of the molecule is O=C(NCCOc1cccc2cccnc12)Nc1ccc(F)cc1F. The normalized spacial score (nSPS) is 10.5. The molecule has 0 saturated carbocycles. The number of carbonyl (C=O) groups is 1. The van der Waals surface area contributed by atoms with Gasteiger partial charge in [0.2, 0.25) is 0 Å². The van der Waals surface area contributed by atoms with Gasteiger partial charge in [-0.15, -0.1) is 0 Å². The zero-order valence-electron chi connectivity index (χ0n) is 13.1. The maximum absolute atomic E-state index is 13.5. The lowest BCUT2D eigenvalue weighted by Crippen LogP contribution is -2.32. The van der Waals surface area contributed by atoms with Gasteiger partial charge in [-0.25, -0.2) is 13.6 Å². The molecule has 0 bridgehead atoms. The number of benzene rings is 2. The summed E-state index contributed by atoms with van der Waals surface area (Å²) in [5, 5.41) is 5.80. The van der Waals surface area contributed by atoms with Gasteiger partial charge in [0, 0.05) is 17.6 Å². The number of fused-ring (bicyclic) bond motifs is 1. The second kappa shape index (κ2) is 7.57. The fraction of sp³-hybridized carbons (Fsp3) is 0.111. The number of carbonyl (C=O) groups excluding carboxylic acids is 1. The maximum Gasteiger partial charge on any atom is 0.319 e. The lowest BCUT2D eigenvalue weighted by atomic mass is 10.2. The largest absolute Gasteiger partial charge is 0.489 e. The van der Waals surface area contributed by atoms with Crippen molar-refractivity contribution in [2.75, 3.05) is 18.5 Å². The van der Waals surface area contributed by atoms with E-state index in [1.807, 2.05) is 24.3 Å². The molecule has 1 heterocycles. The number of pyridine rings is 1. The molecule has 0 unspecified atom stereocenters. The number of hydrogen-bond donors (Lipinski definition) is 2. The van der Waals surface area contributed by atoms with E-state index in [-0.39, 0.29) is 18.8 Å². The third-order valence-corrected chi connectivity index (χ3v) is 3.42. The molecule has 5 nitrogen and oxygen atoms in total. The summed E-state index contributed by atoms with van der Waals surface area (Å²) in [6.07, 6.45) is 1.68. The highest BCUT2D eigenvalue weighted by atomic mass is 19.1. The van der Waals surface area contributed by atoms with Gasteiger partial charge in [-0.2, -0.15) is 0 Å². The molecule has 0 atom stereocenters. The monoisotopic (exact) mass is 343 g/mol. The first-order chi connectivity index (χ1) is 12.1. The maximum atomic E-state index is 13.5. The molecule has 0 aliphatic rings. The molecule has 0 saturated heterocycles. The average Bonchev–Trinajstić information content (AvgIpc) is 2.61. The molecule has 0 aliphatic carbocycles. The number of hydrogen-bond acceptors (Lipinski definition) is 3. The predicted molar refractivity (Wildman–Crippen MR) is 90.6 cm³/mol. The van der Waals surface area contributed by atoms with Gasteiger partial charge in [0.25, 0.3) is 0 Å². The number of halogens is 2. The van der Waals surface area contributed by atoms with Crippen molar-refractivity contribution in [3.63, 3.8) is 0 Å². The lowest BCUT2D eigenvalue weighted by Gasteiger charge is -2.10. The molecule has 0 aliphatic heterocycles. The van der Waals surface area contributed by atoms with Crippen molar-refractivity contribution >= 4 is 22.6 Å². The number of anilines is 1. The fourth-order valence-corrected chi connectivity index (χ4v) is 2.28. The van der Waals surface area contributed by atoms with Crippen molar-refractivity contribution < 1.29 is 18.3 Å². The highest BCUT2D eigenvalue weighted by Gasteiger charge is 2.08. The van der Waals surface area contributed by atoms with Crippen LogP contribution >= 0.6 is 0 Å². The van der Waals surface area contributed by atoms with Gasteiger partial charge < -0.3 is 15.4 Å². The standard InChI is InChI=1S/C18H15F2N3O2/c19-13-6-7-15(14(20)11-13)23-18(24)22-9-10-25-16-5-1-3-12-4-2-8-21-17(12)16/h1-8,11H,9-10H2,(H2,22,23,24). The van der Waals surface area contributed by atoms with E-state index in [9.17, 15) is 13.6 Å². The third-order valence-electron chi connectivity index (χ3n) is 3.42. The topological polar surface area (TPSA) is 63.2 Å². The molecule has 2 amide bonds. The van der Waals surface area contributed by atoms with E-state index in [1.54, 1.807) is 12.3 Å². The van der Waals surface area contributed by atoms with Crippen LogP contribution in [-0.4, -0.2) is 24.2 Å². The Balaban J connectivity index is 1.50. The molecule has 0 fully saturated rings. The van der Waals surface area contributed by atoms with Gasteiger partial charge in [-0.05, 0) is 24.3 Å². The number of amides is 2. The summed E-state index contributed by atoms with van der Waals surface area (Å²) in [5.41, 5.74) is 0.640. The summed E-state index contributed by atoms with van der Waals surface area (Å²) in [7, 11) is 0. The van der Waals surface area contributed by atoms with Crippen molar-refractivity contribution in [2.45, 2.75) is 0 Å². The zero-order valence-corrected chi connectivity index (χ0v) is 13.1. The van der Waals surface area contributed by atoms with Gasteiger partial charge in [0.15, 0.2) is 0 Å². The smallest absolute Gasteiger partial charge is 0.319 e. The van der Waals surface area contributed by atoms with E-state index < -0.39 is 17.7 Å². The van der Waals surface area contributed by atoms with E-state index in [0.717, 1.165) is 23.0 Å². The molecule has 3 rings (SSSR count). The van der Waals surface area contributed by atoms with Crippen molar-refractivity contribution in [3.05, 3.63) is 66.4 Å². The van der Waals surface area contributed by atoms with Crippen LogP contribution in [0.2, 0.25) is 0 Å². The third kappa shape index (κ3) is 4.20. The Hall–Kier alpha value is -3.22. The molecule has 0 spiro atoms. The molecule has 7 heteroatoms. The van der Waals surface area contributed by atoms with Gasteiger partial charge in [-0.1, -0.05) is 18.2 Å². The molecule has 2 N–H and O–H groups in total. The molecule has 2 aromatic carbocycles. The Morgan fingerprint density at radius 1 is 1.12 bits per heavy atom. The van der Waals surface area contributed by atoms with Crippen LogP contribution in [0.25, 0.3) is 10.9 Å². The van der Waals surface area contributed by atoms with Crippen LogP contribution in [-0.2, 0) is 0 Å². The number of ether oxygens (including phenoxy) is 1. The van der Waals surface area contributed by atoms with Gasteiger partial charge in [-0.3, -0.25) is 4.98 Å². The molecule has 0 radical (unpaired) electrons. The van der Waals surface area contributed by atoms with E-state index in [4.69, 9.17) is 4.74 Å². The Morgan fingerprint density at radius 2 is 1.96 bits per heavy atom. The average molecular weight is 343 g/mol. The van der Waals surface area contributed by atoms with Crippen LogP contribution in [0.3, 0.4) is 0 Å². The molecule has 1 aromatic heterocycles. The highest BCUT2D eigenvalue weighted by Crippen LogP contribution is 2.22. The van der Waals surface area contributed by atoms with E-state index >= 15 is 0 Å². The Labute approximate surface area is 142 Å². The van der Waals surface area contributed by atoms with Crippen molar-refractivity contribution in [3.8, 4) is 5.75 Å². The number of rotatable bonds is 5. The van der Waals surface area contributed by atoms with Crippen molar-refractivity contribution in [1.82, 2.24) is 10.3 Å². The molecular weight excluding hydrogens is 328 g/mol. The summed E-state index contributed by atoms with van der Waals surface area (Å²) in [4.78, 5) is 16.0. The van der Waals surface area contributed by atoms with E-state index in [1.165, 1.54) is 0 Å². The predicted octanol–water partition coefficient (Wildman–Crippen LogP) is 3.71. The fourth-order valence-electron chi connectivity index (χ4n) is 2.28. The van der Waals surface area contributed by atoms with Crippen molar-refractivity contribution in [2.24, 2.45) is 0 Å². The molecule has 25 heavy (non-hydrogen) atoms. The zero-order chi connectivity index (χ0) is 17.6. The number of aromatic nitrogens is 1. The van der Waals surface area contributed by atoms with Crippen molar-refractivity contribution in [1.29, 1.82) is 0 Å². The minimum absolute atomic E-state index is 0.0990. The summed E-state index contributed by atoms with van der Waals surface area (Å²) >= 11 is 0. The summed E-state index contributed by atoms with van der Waals surface area (Å²) in [5.74, 6) is -0.932. The summed E-state index contributed by atoms with van der Waals surface area (Å²) < 4.78 is 31.9. The van der Waals surface area contributed by atoms with Crippen LogP contribution in [0, 0.1) is 11.6 Å². The van der Waals surface area contributed by atoms with Gasteiger partial charge in [0.05, 0.1) is 12.2 Å². The minimum atomic E-state index is -0.840. The molecule has 128 valence electrons. The summed E-state index contributed by atoms with van der Waals surface area (Å²) in [6, 6.07) is 11.7. The number of para-hydroxylation sites is 1. The second-order valence-corrected chi connectivity index (χ2v) is 5.18. The Bertz CT molecular complexity index is 897. The van der Waals surface area contributed by atoms with Crippen LogP contribution in [0.5, 0.6) is 5.75 Å². The number of nitrogens with one attached hydrogen (secondary N) is 2.